The fourth-order valence-corrected chi connectivity index (χ4v) is 5.69. The Morgan fingerprint density at radius 3 is 2.42 bits per heavy atom. The molecule has 0 amide bonds. The highest BCUT2D eigenvalue weighted by atomic mass is 32.2. The van der Waals surface area contributed by atoms with E-state index in [4.69, 9.17) is 20.9 Å². The van der Waals surface area contributed by atoms with Crippen LogP contribution in [0.1, 0.15) is 54.0 Å². The first kappa shape index (κ1) is 27.7. The molecule has 1 unspecified atom stereocenters. The van der Waals surface area contributed by atoms with Crippen molar-refractivity contribution in [1.82, 2.24) is 0 Å². The van der Waals surface area contributed by atoms with Crippen molar-refractivity contribution >= 4 is 23.4 Å². The number of thioether (sulfide) groups is 1. The van der Waals surface area contributed by atoms with Crippen LogP contribution in [0, 0.1) is 20.8 Å². The highest BCUT2D eigenvalue weighted by Crippen LogP contribution is 2.44. The zero-order chi connectivity index (χ0) is 27.3. The molecule has 0 saturated heterocycles. The van der Waals surface area contributed by atoms with Gasteiger partial charge in [-0.3, -0.25) is 0 Å². The molecular weight excluding hydrogens is 494 g/mol. The van der Waals surface area contributed by atoms with Crippen molar-refractivity contribution in [2.45, 2.75) is 70.3 Å². The van der Waals surface area contributed by atoms with Gasteiger partial charge in [-0.15, -0.1) is 11.8 Å². The standard InChI is InChI=1S/C31H39N3O3S/c1-20-21(2)29-27(22(3)28(20)35)15-16-31(4,37-29)17-18-36-25-11-7-23(8-12-25)6-5-19-38-26-13-9-24(10-14-26)34-30(32)33/h7-14,35H,5-6,15-19H2,1-4H3,(H4,32,33,34). The highest BCUT2D eigenvalue weighted by Gasteiger charge is 2.34. The fourth-order valence-electron chi connectivity index (χ4n) is 4.84. The molecular formula is C31H39N3O3S. The number of guanidine groups is 1. The van der Waals surface area contributed by atoms with E-state index in [1.165, 1.54) is 10.5 Å². The van der Waals surface area contributed by atoms with Crippen LogP contribution in [0.3, 0.4) is 0 Å². The Morgan fingerprint density at radius 2 is 1.74 bits per heavy atom. The number of phenolic OH excluding ortho intramolecular Hbond substituents is 1. The average Bonchev–Trinajstić information content (AvgIpc) is 2.90. The summed E-state index contributed by atoms with van der Waals surface area (Å²) in [5, 5.41) is 10.4. The van der Waals surface area contributed by atoms with Crippen molar-refractivity contribution in [2.75, 3.05) is 12.4 Å². The summed E-state index contributed by atoms with van der Waals surface area (Å²) < 4.78 is 12.6. The van der Waals surface area contributed by atoms with Crippen LogP contribution in [-0.2, 0) is 12.8 Å². The summed E-state index contributed by atoms with van der Waals surface area (Å²) in [6.45, 7) is 8.72. The van der Waals surface area contributed by atoms with Crippen LogP contribution in [0.25, 0.3) is 0 Å². The molecule has 1 atom stereocenters. The van der Waals surface area contributed by atoms with Gasteiger partial charge in [0, 0.05) is 16.9 Å². The van der Waals surface area contributed by atoms with Gasteiger partial charge in [0.15, 0.2) is 5.96 Å². The van der Waals surface area contributed by atoms with Gasteiger partial charge in [0.05, 0.1) is 12.3 Å². The number of aromatic hydroxyl groups is 1. The summed E-state index contributed by atoms with van der Waals surface area (Å²) in [7, 11) is 0. The van der Waals surface area contributed by atoms with E-state index < -0.39 is 0 Å². The lowest BCUT2D eigenvalue weighted by atomic mass is 9.86. The van der Waals surface area contributed by atoms with Crippen LogP contribution in [0.4, 0.5) is 5.69 Å². The third-order valence-electron chi connectivity index (χ3n) is 7.39. The Hall–Kier alpha value is -3.32. The van der Waals surface area contributed by atoms with Crippen molar-refractivity contribution < 1.29 is 14.6 Å². The van der Waals surface area contributed by atoms with Crippen LogP contribution in [0.15, 0.2) is 58.4 Å². The van der Waals surface area contributed by atoms with Gasteiger partial charge in [-0.25, -0.2) is 4.99 Å². The number of hydrogen-bond acceptors (Lipinski definition) is 5. The first-order chi connectivity index (χ1) is 18.1. The number of fused-ring (bicyclic) bond motifs is 1. The quantitative estimate of drug-likeness (QED) is 0.119. The Labute approximate surface area is 230 Å². The zero-order valence-corrected chi connectivity index (χ0v) is 23.7. The van der Waals surface area contributed by atoms with Gasteiger partial charge in [0.1, 0.15) is 22.8 Å². The van der Waals surface area contributed by atoms with Crippen molar-refractivity contribution in [2.24, 2.45) is 16.5 Å². The molecule has 0 fully saturated rings. The van der Waals surface area contributed by atoms with E-state index in [1.807, 2.05) is 56.8 Å². The molecule has 0 bridgehead atoms. The molecule has 0 aliphatic carbocycles. The number of benzene rings is 3. The molecule has 1 aliphatic heterocycles. The van der Waals surface area contributed by atoms with E-state index in [9.17, 15) is 5.11 Å². The second-order valence-electron chi connectivity index (χ2n) is 10.3. The summed E-state index contributed by atoms with van der Waals surface area (Å²) in [4.78, 5) is 5.26. The highest BCUT2D eigenvalue weighted by molar-refractivity contribution is 7.99. The maximum Gasteiger partial charge on any atom is 0.191 e. The van der Waals surface area contributed by atoms with Gasteiger partial charge in [-0.2, -0.15) is 0 Å². The maximum atomic E-state index is 10.4. The maximum absolute atomic E-state index is 10.4. The number of ether oxygens (including phenoxy) is 2. The van der Waals surface area contributed by atoms with Gasteiger partial charge in [0.2, 0.25) is 0 Å². The van der Waals surface area contributed by atoms with E-state index in [-0.39, 0.29) is 11.6 Å². The van der Waals surface area contributed by atoms with E-state index in [0.717, 1.165) is 77.3 Å². The molecule has 38 heavy (non-hydrogen) atoms. The lowest BCUT2D eigenvalue weighted by Crippen LogP contribution is -2.38. The van der Waals surface area contributed by atoms with Crippen molar-refractivity contribution in [3.63, 3.8) is 0 Å². The van der Waals surface area contributed by atoms with Gasteiger partial charge < -0.3 is 26.0 Å². The smallest absolute Gasteiger partial charge is 0.191 e. The number of nitrogens with two attached hydrogens (primary N) is 2. The normalized spacial score (nSPS) is 16.4. The number of rotatable bonds is 10. The van der Waals surface area contributed by atoms with Crippen molar-refractivity contribution in [3.05, 3.63) is 76.3 Å². The Bertz CT molecular complexity index is 1290. The van der Waals surface area contributed by atoms with E-state index >= 15 is 0 Å². The molecule has 0 radical (unpaired) electrons. The molecule has 6 nitrogen and oxygen atoms in total. The molecule has 4 rings (SSSR count). The van der Waals surface area contributed by atoms with E-state index in [0.29, 0.717) is 12.4 Å². The Balaban J connectivity index is 1.21. The lowest BCUT2D eigenvalue weighted by Gasteiger charge is -2.38. The molecule has 0 spiro atoms. The van der Waals surface area contributed by atoms with Crippen LogP contribution < -0.4 is 20.9 Å². The van der Waals surface area contributed by atoms with Gasteiger partial charge in [-0.05, 0) is 118 Å². The van der Waals surface area contributed by atoms with Gasteiger partial charge in [0.25, 0.3) is 0 Å². The SMILES string of the molecule is Cc1c(C)c2c(c(C)c1O)CCC(C)(CCOc1ccc(CCCSc3ccc(N=C(N)N)cc3)cc1)O2. The molecule has 3 aromatic rings. The number of aliphatic imine (C=N–C) groups is 1. The molecule has 1 heterocycles. The number of aryl methyl sites for hydroxylation is 1. The second kappa shape index (κ2) is 12.0. The predicted molar refractivity (Wildman–Crippen MR) is 157 cm³/mol. The first-order valence-electron chi connectivity index (χ1n) is 13.2. The van der Waals surface area contributed by atoms with Gasteiger partial charge in [-0.1, -0.05) is 12.1 Å². The summed E-state index contributed by atoms with van der Waals surface area (Å²) in [5.74, 6) is 3.34. The Kier molecular flexibility index (Phi) is 8.77. The third kappa shape index (κ3) is 6.76. The van der Waals surface area contributed by atoms with Crippen LogP contribution in [0.5, 0.6) is 17.2 Å². The summed E-state index contributed by atoms with van der Waals surface area (Å²) in [5.41, 5.74) is 16.6. The van der Waals surface area contributed by atoms with E-state index in [2.05, 4.69) is 36.2 Å². The van der Waals surface area contributed by atoms with E-state index in [1.54, 1.807) is 0 Å². The molecule has 1 aliphatic rings. The largest absolute Gasteiger partial charge is 0.507 e. The number of phenols is 1. The fraction of sp³-hybridized carbons (Fsp3) is 0.387. The minimum Gasteiger partial charge on any atom is -0.507 e. The molecule has 0 saturated carbocycles. The molecule has 202 valence electrons. The van der Waals surface area contributed by atoms with Crippen molar-refractivity contribution in [1.29, 1.82) is 0 Å². The topological polar surface area (TPSA) is 103 Å². The molecule has 5 N–H and O–H groups in total. The summed E-state index contributed by atoms with van der Waals surface area (Å²) in [6.07, 6.45) is 4.73. The Morgan fingerprint density at radius 1 is 1.03 bits per heavy atom. The third-order valence-corrected chi connectivity index (χ3v) is 8.49. The summed E-state index contributed by atoms with van der Waals surface area (Å²) >= 11 is 1.83. The monoisotopic (exact) mass is 533 g/mol. The minimum atomic E-state index is -0.281. The zero-order valence-electron chi connectivity index (χ0n) is 22.8. The minimum absolute atomic E-state index is 0.0725. The molecule has 0 aromatic heterocycles. The summed E-state index contributed by atoms with van der Waals surface area (Å²) in [6, 6.07) is 16.4. The van der Waals surface area contributed by atoms with Crippen molar-refractivity contribution in [3.8, 4) is 17.2 Å². The van der Waals surface area contributed by atoms with Gasteiger partial charge >= 0.3 is 0 Å². The number of hydrogen-bond donors (Lipinski definition) is 3. The lowest BCUT2D eigenvalue weighted by molar-refractivity contribution is 0.0411. The first-order valence-corrected chi connectivity index (χ1v) is 14.2. The average molecular weight is 534 g/mol. The predicted octanol–water partition coefficient (Wildman–Crippen LogP) is 6.50. The molecule has 7 heteroatoms. The van der Waals surface area contributed by atoms with Crippen LogP contribution in [0.2, 0.25) is 0 Å². The second-order valence-corrected chi connectivity index (χ2v) is 11.5. The van der Waals surface area contributed by atoms with Crippen LogP contribution >= 0.6 is 11.8 Å². The van der Waals surface area contributed by atoms with Crippen LogP contribution in [-0.4, -0.2) is 29.0 Å². The molecule has 3 aromatic carbocycles. The number of nitrogens with zero attached hydrogens (tertiary/aromatic N) is 1.